The topological polar surface area (TPSA) is 43.4 Å². The Bertz CT molecular complexity index is 1370. The van der Waals surface area contributed by atoms with Gasteiger partial charge in [-0.25, -0.2) is 0 Å². The van der Waals surface area contributed by atoms with Crippen molar-refractivity contribution in [3.05, 3.63) is 46.0 Å². The van der Waals surface area contributed by atoms with Crippen LogP contribution in [-0.2, 0) is 9.53 Å². The molecule has 4 aliphatic carbocycles. The molecule has 5 rings (SSSR count). The van der Waals surface area contributed by atoms with E-state index in [1.165, 1.54) is 75.0 Å². The second-order valence-corrected chi connectivity index (χ2v) is 20.2. The lowest BCUT2D eigenvalue weighted by Crippen LogP contribution is -2.53. The largest absolute Gasteiger partial charge is 0.468 e. The number of fused-ring (bicyclic) bond motifs is 5. The molecular weight excluding hydrogens is 621 g/mol. The van der Waals surface area contributed by atoms with Crippen LogP contribution in [0.15, 0.2) is 23.8 Å². The van der Waals surface area contributed by atoms with Crippen LogP contribution in [0.25, 0.3) is 0 Å². The van der Waals surface area contributed by atoms with Gasteiger partial charge in [0, 0.05) is 5.56 Å². The molecule has 0 saturated heterocycles. The fourth-order valence-electron chi connectivity index (χ4n) is 11.6. The van der Waals surface area contributed by atoms with Crippen LogP contribution in [0, 0.1) is 46.3 Å². The first kappa shape index (κ1) is 38.7. The molecule has 0 heterocycles. The van der Waals surface area contributed by atoms with Gasteiger partial charge >= 0.3 is 5.97 Å². The fraction of sp³-hybridized carbons (Fsp3) is 0.778. The maximum absolute atomic E-state index is 14.6. The number of hydrogen-bond donors (Lipinski definition) is 0. The van der Waals surface area contributed by atoms with Gasteiger partial charge in [-0.2, -0.15) is 0 Å². The van der Waals surface area contributed by atoms with Gasteiger partial charge in [0.15, 0.2) is 0 Å². The number of ether oxygens (including phenoxy) is 1. The predicted octanol–water partition coefficient (Wildman–Crippen LogP) is 12.9. The quantitative estimate of drug-likeness (QED) is 0.171. The zero-order valence-corrected chi connectivity index (χ0v) is 34.2. The van der Waals surface area contributed by atoms with Crippen LogP contribution >= 0.6 is 11.8 Å². The van der Waals surface area contributed by atoms with E-state index in [1.807, 2.05) is 0 Å². The second-order valence-electron chi connectivity index (χ2n) is 18.9. The van der Waals surface area contributed by atoms with Crippen molar-refractivity contribution in [2.45, 2.75) is 169 Å². The molecule has 0 aliphatic heterocycles. The minimum atomic E-state index is -0.879. The number of carbonyl (C=O) groups is 2. The molecule has 0 spiro atoms. The van der Waals surface area contributed by atoms with E-state index >= 15 is 0 Å². The molecule has 1 aromatic rings. The van der Waals surface area contributed by atoms with E-state index in [2.05, 4.69) is 94.4 Å². The Morgan fingerprint density at radius 1 is 0.837 bits per heavy atom. The van der Waals surface area contributed by atoms with E-state index in [0.29, 0.717) is 30.1 Å². The van der Waals surface area contributed by atoms with Crippen molar-refractivity contribution in [1.29, 1.82) is 0 Å². The lowest BCUT2D eigenvalue weighted by molar-refractivity contribution is -0.145. The molecule has 4 heteroatoms. The van der Waals surface area contributed by atoms with Crippen LogP contribution in [0.4, 0.5) is 0 Å². The Balaban J connectivity index is 1.41. The highest BCUT2D eigenvalue weighted by Gasteiger charge is 2.61. The van der Waals surface area contributed by atoms with Crippen LogP contribution in [0.2, 0.25) is 0 Å². The minimum absolute atomic E-state index is 0.0407. The van der Waals surface area contributed by atoms with Crippen molar-refractivity contribution in [3.8, 4) is 0 Å². The number of methoxy groups -OCH3 is 1. The molecule has 0 unspecified atom stereocenters. The van der Waals surface area contributed by atoms with Crippen LogP contribution in [-0.4, -0.2) is 22.9 Å². The number of allylic oxidation sites excluding steroid dienone is 2. The average Bonchev–Trinajstić information content (AvgIpc) is 3.40. The fourth-order valence-corrected chi connectivity index (χ4v) is 12.9. The molecule has 0 aromatic heterocycles. The van der Waals surface area contributed by atoms with Crippen molar-refractivity contribution in [2.24, 2.45) is 46.3 Å². The normalized spacial score (nSPS) is 33.3. The number of benzene rings is 1. The van der Waals surface area contributed by atoms with Crippen molar-refractivity contribution in [3.63, 3.8) is 0 Å². The van der Waals surface area contributed by atoms with Gasteiger partial charge in [-0.3, -0.25) is 9.59 Å². The Labute approximate surface area is 305 Å². The van der Waals surface area contributed by atoms with Gasteiger partial charge in [0.1, 0.15) is 4.75 Å². The highest BCUT2D eigenvalue weighted by molar-refractivity contribution is 8.15. The predicted molar refractivity (Wildman–Crippen MR) is 208 cm³/mol. The number of thioether (sulfide) groups is 1. The smallest absolute Gasteiger partial charge is 0.322 e. The van der Waals surface area contributed by atoms with Crippen molar-refractivity contribution in [1.82, 2.24) is 0 Å². The standard InChI is InChI=1S/C45H70O3S/c1-27(2)14-13-15-31(9)37-18-19-38-34-17-16-33-26-45(42(47)48-12,23-22-43(33,10)39(34)20-21-44(37,38)11)49-41(46)40-35(29(5)6)24-32(28(3)4)25-36(40)30(7)8/h16,24-25,27-31,34,37-39H,13-15,17-23,26H2,1-12H3/t31-,34+,37-,38+,39+,43+,44-,45-/m1/s1. The third kappa shape index (κ3) is 7.13. The summed E-state index contributed by atoms with van der Waals surface area (Å²) in [5, 5.41) is 0.0407. The Morgan fingerprint density at radius 3 is 2.06 bits per heavy atom. The second kappa shape index (κ2) is 14.8. The number of hydrogen-bond acceptors (Lipinski definition) is 4. The summed E-state index contributed by atoms with van der Waals surface area (Å²) >= 11 is 1.29. The zero-order valence-electron chi connectivity index (χ0n) is 33.3. The molecule has 0 amide bonds. The zero-order chi connectivity index (χ0) is 36.1. The van der Waals surface area contributed by atoms with Gasteiger partial charge in [-0.05, 0) is 132 Å². The monoisotopic (exact) mass is 691 g/mol. The van der Waals surface area contributed by atoms with Crippen molar-refractivity contribution < 1.29 is 14.3 Å². The van der Waals surface area contributed by atoms with E-state index in [9.17, 15) is 9.59 Å². The minimum Gasteiger partial charge on any atom is -0.468 e. The first-order valence-corrected chi connectivity index (χ1v) is 21.0. The van der Waals surface area contributed by atoms with E-state index in [1.54, 1.807) is 0 Å². The van der Waals surface area contributed by atoms with Gasteiger partial charge < -0.3 is 4.74 Å². The molecule has 3 saturated carbocycles. The Morgan fingerprint density at radius 2 is 1.49 bits per heavy atom. The molecule has 4 aliphatic rings. The third-order valence-electron chi connectivity index (χ3n) is 14.5. The van der Waals surface area contributed by atoms with Gasteiger partial charge in [0.25, 0.3) is 0 Å². The molecule has 0 N–H and O–H groups in total. The average molecular weight is 691 g/mol. The summed E-state index contributed by atoms with van der Waals surface area (Å²) in [5.41, 5.74) is 6.32. The van der Waals surface area contributed by atoms with Gasteiger partial charge in [-0.15, -0.1) is 0 Å². The Kier molecular flexibility index (Phi) is 11.7. The van der Waals surface area contributed by atoms with Crippen LogP contribution in [0.3, 0.4) is 0 Å². The SMILES string of the molecule is COC(=O)[C@@]1(SC(=O)c2c(C(C)C)cc(C(C)C)cc2C(C)C)CC[C@@]2(C)C(=CC[C@H]3[C@@H]4CC[C@H]([C@H](C)CCCC(C)C)[C@@]4(C)CC[C@@H]32)C1. The molecule has 0 radical (unpaired) electrons. The van der Waals surface area contributed by atoms with Gasteiger partial charge in [0.05, 0.1) is 7.11 Å². The summed E-state index contributed by atoms with van der Waals surface area (Å²) < 4.78 is 4.68. The van der Waals surface area contributed by atoms with Crippen LogP contribution in [0.1, 0.15) is 192 Å². The molecule has 0 bridgehead atoms. The molecule has 3 nitrogen and oxygen atoms in total. The third-order valence-corrected chi connectivity index (χ3v) is 15.8. The summed E-state index contributed by atoms with van der Waals surface area (Å²) in [7, 11) is 1.51. The molecule has 8 atom stereocenters. The first-order chi connectivity index (χ1) is 23.0. The maximum atomic E-state index is 14.6. The molecule has 274 valence electrons. The number of carbonyl (C=O) groups excluding carboxylic acids is 2. The number of rotatable bonds is 11. The molecule has 1 aromatic carbocycles. The van der Waals surface area contributed by atoms with Gasteiger partial charge in [-0.1, -0.05) is 131 Å². The summed E-state index contributed by atoms with van der Waals surface area (Å²) in [6, 6.07) is 4.50. The molecule has 49 heavy (non-hydrogen) atoms. The first-order valence-electron chi connectivity index (χ1n) is 20.2. The highest BCUT2D eigenvalue weighted by Crippen LogP contribution is 2.68. The van der Waals surface area contributed by atoms with Crippen LogP contribution in [0.5, 0.6) is 0 Å². The van der Waals surface area contributed by atoms with Crippen molar-refractivity contribution in [2.75, 3.05) is 7.11 Å². The van der Waals surface area contributed by atoms with Crippen molar-refractivity contribution >= 4 is 22.8 Å². The lowest BCUT2D eigenvalue weighted by Gasteiger charge is -2.59. The van der Waals surface area contributed by atoms with Gasteiger partial charge in [0.2, 0.25) is 5.12 Å². The van der Waals surface area contributed by atoms with E-state index in [0.717, 1.165) is 59.1 Å². The summed E-state index contributed by atoms with van der Waals surface area (Å²) in [6.45, 7) is 25.7. The number of esters is 1. The molecular formula is C45H70O3S. The highest BCUT2D eigenvalue weighted by atomic mass is 32.2. The summed E-state index contributed by atoms with van der Waals surface area (Å²) in [4.78, 5) is 28.5. The van der Waals surface area contributed by atoms with E-state index in [-0.39, 0.29) is 28.3 Å². The lowest BCUT2D eigenvalue weighted by atomic mass is 9.46. The summed E-state index contributed by atoms with van der Waals surface area (Å²) in [5.74, 6) is 5.27. The molecule has 3 fully saturated rings. The Hall–Kier alpha value is -1.55. The van der Waals surface area contributed by atoms with Crippen LogP contribution < -0.4 is 0 Å². The van der Waals surface area contributed by atoms with E-state index < -0.39 is 4.75 Å². The summed E-state index contributed by atoms with van der Waals surface area (Å²) in [6.07, 6.45) is 15.5. The van der Waals surface area contributed by atoms with E-state index in [4.69, 9.17) is 4.74 Å². The maximum Gasteiger partial charge on any atom is 0.322 e.